The highest BCUT2D eigenvalue weighted by atomic mass is 16.5. The largest absolute Gasteiger partial charge is 0.496 e. The van der Waals surface area contributed by atoms with Crippen LogP contribution in [0.4, 0.5) is 0 Å². The van der Waals surface area contributed by atoms with Gasteiger partial charge in [0, 0.05) is 18.2 Å². The van der Waals surface area contributed by atoms with E-state index < -0.39 is 7.12 Å². The van der Waals surface area contributed by atoms with E-state index in [1.54, 1.807) is 25.3 Å². The van der Waals surface area contributed by atoms with E-state index in [9.17, 15) is 0 Å². The van der Waals surface area contributed by atoms with Crippen molar-refractivity contribution < 1.29 is 14.8 Å². The molecule has 1 fully saturated rings. The van der Waals surface area contributed by atoms with E-state index in [4.69, 9.17) is 14.8 Å². The van der Waals surface area contributed by atoms with Gasteiger partial charge in [0.1, 0.15) is 5.75 Å². The molecule has 0 unspecified atom stereocenters. The fraction of sp³-hybridized carbons (Fsp3) is 0.500. The maximum absolute atomic E-state index is 9.17. The molecule has 0 bridgehead atoms. The molecule has 1 saturated carbocycles. The molecule has 1 aliphatic rings. The molecule has 0 saturated heterocycles. The van der Waals surface area contributed by atoms with E-state index in [0.29, 0.717) is 11.5 Å². The molecule has 0 atom stereocenters. The topological polar surface area (TPSA) is 52.9 Å². The van der Waals surface area contributed by atoms with Gasteiger partial charge in [0.25, 0.3) is 0 Å². The van der Waals surface area contributed by atoms with Crippen molar-refractivity contribution in [1.82, 2.24) is 4.90 Å². The molecule has 1 aromatic carbocycles. The highest BCUT2D eigenvalue weighted by Gasteiger charge is 2.26. The van der Waals surface area contributed by atoms with Gasteiger partial charge in [-0.1, -0.05) is 12.1 Å². The summed E-state index contributed by atoms with van der Waals surface area (Å²) in [6.45, 7) is 0.772. The van der Waals surface area contributed by atoms with Crippen LogP contribution in [0.2, 0.25) is 0 Å². The summed E-state index contributed by atoms with van der Waals surface area (Å²) in [4.78, 5) is 2.27. The predicted molar refractivity (Wildman–Crippen MR) is 67.3 cm³/mol. The van der Waals surface area contributed by atoms with Crippen LogP contribution in [0.25, 0.3) is 0 Å². The molecule has 5 heteroatoms. The number of rotatable bonds is 5. The summed E-state index contributed by atoms with van der Waals surface area (Å²) in [5.41, 5.74) is 1.50. The minimum absolute atomic E-state index is 0.505. The van der Waals surface area contributed by atoms with Crippen LogP contribution in [-0.4, -0.2) is 42.3 Å². The Hall–Kier alpha value is -1.04. The van der Waals surface area contributed by atoms with Crippen LogP contribution in [0.5, 0.6) is 5.75 Å². The van der Waals surface area contributed by atoms with Crippen LogP contribution in [0.1, 0.15) is 18.4 Å². The zero-order valence-electron chi connectivity index (χ0n) is 10.3. The maximum atomic E-state index is 9.17. The lowest BCUT2D eigenvalue weighted by Gasteiger charge is -2.18. The molecular weight excluding hydrogens is 217 g/mol. The first-order valence-corrected chi connectivity index (χ1v) is 5.85. The fourth-order valence-corrected chi connectivity index (χ4v) is 2.00. The van der Waals surface area contributed by atoms with Crippen molar-refractivity contribution in [1.29, 1.82) is 0 Å². The number of benzene rings is 1. The average molecular weight is 235 g/mol. The van der Waals surface area contributed by atoms with Gasteiger partial charge in [-0.05, 0) is 31.4 Å². The molecule has 17 heavy (non-hydrogen) atoms. The van der Waals surface area contributed by atoms with Crippen molar-refractivity contribution in [2.75, 3.05) is 14.2 Å². The quantitative estimate of drug-likeness (QED) is 0.703. The molecule has 2 rings (SSSR count). The first-order valence-electron chi connectivity index (χ1n) is 5.85. The normalized spacial score (nSPS) is 15.1. The molecule has 1 aliphatic carbocycles. The fourth-order valence-electron chi connectivity index (χ4n) is 2.00. The molecular formula is C12H18BNO3. The maximum Gasteiger partial charge on any atom is 0.488 e. The third-order valence-electron chi connectivity index (χ3n) is 3.19. The van der Waals surface area contributed by atoms with Crippen LogP contribution in [-0.2, 0) is 6.54 Å². The lowest BCUT2D eigenvalue weighted by molar-refractivity contribution is 0.308. The van der Waals surface area contributed by atoms with Gasteiger partial charge < -0.3 is 14.8 Å². The first-order chi connectivity index (χ1) is 8.11. The van der Waals surface area contributed by atoms with E-state index in [0.717, 1.165) is 17.9 Å². The lowest BCUT2D eigenvalue weighted by atomic mass is 9.79. The second kappa shape index (κ2) is 5.08. The number of methoxy groups -OCH3 is 1. The van der Waals surface area contributed by atoms with Crippen LogP contribution >= 0.6 is 0 Å². The van der Waals surface area contributed by atoms with Gasteiger partial charge in [0.05, 0.1) is 7.11 Å². The molecule has 4 nitrogen and oxygen atoms in total. The number of hydrogen-bond donors (Lipinski definition) is 2. The first kappa shape index (κ1) is 12.4. The average Bonchev–Trinajstić information content (AvgIpc) is 3.12. The Balaban J connectivity index is 2.18. The SMILES string of the molecule is COc1ccc(B(O)O)cc1CN(C)C1CC1. The Bertz CT molecular complexity index is 393. The number of hydrogen-bond acceptors (Lipinski definition) is 4. The molecule has 0 spiro atoms. The smallest absolute Gasteiger partial charge is 0.488 e. The lowest BCUT2D eigenvalue weighted by Crippen LogP contribution is -2.31. The van der Waals surface area contributed by atoms with Gasteiger partial charge in [-0.25, -0.2) is 0 Å². The van der Waals surface area contributed by atoms with Crippen molar-refractivity contribution in [3.05, 3.63) is 23.8 Å². The van der Waals surface area contributed by atoms with Crippen LogP contribution in [0, 0.1) is 0 Å². The summed E-state index contributed by atoms with van der Waals surface area (Å²) in [6.07, 6.45) is 2.50. The van der Waals surface area contributed by atoms with E-state index >= 15 is 0 Å². The second-order valence-electron chi connectivity index (χ2n) is 4.59. The summed E-state index contributed by atoms with van der Waals surface area (Å²) in [7, 11) is 2.29. The highest BCUT2D eigenvalue weighted by molar-refractivity contribution is 6.58. The summed E-state index contributed by atoms with van der Waals surface area (Å²) in [6, 6.07) is 5.92. The third kappa shape index (κ3) is 3.00. The molecule has 1 aromatic rings. The molecule has 92 valence electrons. The van der Waals surface area contributed by atoms with Crippen molar-refractivity contribution in [2.45, 2.75) is 25.4 Å². The zero-order valence-corrected chi connectivity index (χ0v) is 10.3. The van der Waals surface area contributed by atoms with Gasteiger partial charge in [-0.15, -0.1) is 0 Å². The van der Waals surface area contributed by atoms with Gasteiger partial charge in [-0.3, -0.25) is 4.90 Å². The highest BCUT2D eigenvalue weighted by Crippen LogP contribution is 2.28. The molecule has 0 heterocycles. The van der Waals surface area contributed by atoms with Gasteiger partial charge in [-0.2, -0.15) is 0 Å². The molecule has 0 radical (unpaired) electrons. The van der Waals surface area contributed by atoms with Crippen molar-refractivity contribution in [3.63, 3.8) is 0 Å². The van der Waals surface area contributed by atoms with Crippen LogP contribution < -0.4 is 10.2 Å². The summed E-state index contributed by atoms with van der Waals surface area (Å²) in [5.74, 6) is 0.793. The number of ether oxygens (including phenoxy) is 1. The Labute approximate surface area is 102 Å². The summed E-state index contributed by atoms with van der Waals surface area (Å²) in [5, 5.41) is 18.3. The predicted octanol–water partition coefficient (Wildman–Crippen LogP) is -0.0308. The van der Waals surface area contributed by atoms with E-state index in [1.807, 2.05) is 0 Å². The standard InChI is InChI=1S/C12H18BNO3/c1-14(11-4-5-11)8-9-7-10(13(15)16)3-6-12(9)17-2/h3,6-7,11,15-16H,4-5,8H2,1-2H3. The van der Waals surface area contributed by atoms with E-state index in [2.05, 4.69) is 11.9 Å². The van der Waals surface area contributed by atoms with Crippen molar-refractivity contribution >= 4 is 12.6 Å². The monoisotopic (exact) mass is 235 g/mol. The Morgan fingerprint density at radius 3 is 2.65 bits per heavy atom. The third-order valence-corrected chi connectivity index (χ3v) is 3.19. The minimum Gasteiger partial charge on any atom is -0.496 e. The summed E-state index contributed by atoms with van der Waals surface area (Å²) < 4.78 is 5.29. The molecule has 0 aromatic heterocycles. The van der Waals surface area contributed by atoms with Crippen LogP contribution in [0.3, 0.4) is 0 Å². The van der Waals surface area contributed by atoms with Gasteiger partial charge in [0.15, 0.2) is 0 Å². The minimum atomic E-state index is -1.43. The molecule has 0 aliphatic heterocycles. The van der Waals surface area contributed by atoms with E-state index in [1.165, 1.54) is 12.8 Å². The molecule has 0 amide bonds. The van der Waals surface area contributed by atoms with Crippen LogP contribution in [0.15, 0.2) is 18.2 Å². The Morgan fingerprint density at radius 1 is 1.41 bits per heavy atom. The second-order valence-corrected chi connectivity index (χ2v) is 4.59. The Kier molecular flexibility index (Phi) is 3.71. The van der Waals surface area contributed by atoms with Gasteiger partial charge in [0.2, 0.25) is 0 Å². The molecule has 2 N–H and O–H groups in total. The Morgan fingerprint density at radius 2 is 2.12 bits per heavy atom. The van der Waals surface area contributed by atoms with E-state index in [-0.39, 0.29) is 0 Å². The number of nitrogens with zero attached hydrogens (tertiary/aromatic N) is 1. The van der Waals surface area contributed by atoms with Crippen molar-refractivity contribution in [2.24, 2.45) is 0 Å². The van der Waals surface area contributed by atoms with Crippen molar-refractivity contribution in [3.8, 4) is 5.75 Å². The zero-order chi connectivity index (χ0) is 12.4. The van der Waals surface area contributed by atoms with Gasteiger partial charge >= 0.3 is 7.12 Å². The summed E-state index contributed by atoms with van der Waals surface area (Å²) >= 11 is 0.